The molecule has 1 heterocycles. The van der Waals surface area contributed by atoms with Gasteiger partial charge in [-0.15, -0.1) is 0 Å². The highest BCUT2D eigenvalue weighted by Gasteiger charge is 2.39. The number of piperazine rings is 1. The molecule has 2 rings (SSSR count). The van der Waals surface area contributed by atoms with Crippen LogP contribution in [0.1, 0.15) is 25.7 Å². The molecule has 0 atom stereocenters. The Morgan fingerprint density at radius 2 is 1.77 bits per heavy atom. The summed E-state index contributed by atoms with van der Waals surface area (Å²) in [6.45, 7) is 4.16. The summed E-state index contributed by atoms with van der Waals surface area (Å²) in [5.41, 5.74) is -0.0812. The lowest BCUT2D eigenvalue weighted by molar-refractivity contribution is -0.118. The lowest BCUT2D eigenvalue weighted by Crippen LogP contribution is -2.55. The van der Waals surface area contributed by atoms with Crippen LogP contribution in [0.15, 0.2) is 0 Å². The van der Waals surface area contributed by atoms with E-state index in [2.05, 4.69) is 10.2 Å². The Balaban J connectivity index is 2.05. The van der Waals surface area contributed by atoms with E-state index in [1.54, 1.807) is 0 Å². The van der Waals surface area contributed by atoms with Crippen LogP contribution in [0.5, 0.6) is 0 Å². The van der Waals surface area contributed by atoms with E-state index in [4.69, 9.17) is 0 Å². The molecule has 0 aromatic rings. The van der Waals surface area contributed by atoms with Crippen LogP contribution in [-0.2, 0) is 4.79 Å². The molecule has 0 radical (unpaired) electrons. The molecule has 13 heavy (non-hydrogen) atoms. The minimum absolute atomic E-state index is 0.0812. The molecule has 0 spiro atoms. The van der Waals surface area contributed by atoms with Gasteiger partial charge in [-0.2, -0.15) is 0 Å². The monoisotopic (exact) mass is 182 g/mol. The Kier molecular flexibility index (Phi) is 2.65. The molecule has 0 amide bonds. The predicted molar refractivity (Wildman–Crippen MR) is 51.7 cm³/mol. The quantitative estimate of drug-likeness (QED) is 0.628. The molecule has 1 saturated heterocycles. The van der Waals surface area contributed by atoms with Gasteiger partial charge in [0.2, 0.25) is 0 Å². The van der Waals surface area contributed by atoms with Gasteiger partial charge in [0, 0.05) is 26.2 Å². The predicted octanol–water partition coefficient (Wildman–Crippen LogP) is 0.403. The summed E-state index contributed by atoms with van der Waals surface area (Å²) in [5.74, 6) is 0. The van der Waals surface area contributed by atoms with Crippen LogP contribution in [0.4, 0.5) is 0 Å². The van der Waals surface area contributed by atoms with Crippen molar-refractivity contribution in [3.8, 4) is 0 Å². The first-order valence-electron chi connectivity index (χ1n) is 5.29. The lowest BCUT2D eigenvalue weighted by atomic mass is 9.96. The topological polar surface area (TPSA) is 32.3 Å². The zero-order valence-corrected chi connectivity index (χ0v) is 8.09. The van der Waals surface area contributed by atoms with E-state index in [9.17, 15) is 4.79 Å². The molecule has 3 nitrogen and oxygen atoms in total. The smallest absolute Gasteiger partial charge is 0.140 e. The molecule has 1 aliphatic carbocycles. The van der Waals surface area contributed by atoms with Crippen molar-refractivity contribution >= 4 is 6.29 Å². The maximum atomic E-state index is 11.2. The Morgan fingerprint density at radius 1 is 1.15 bits per heavy atom. The van der Waals surface area contributed by atoms with Crippen LogP contribution in [0.2, 0.25) is 0 Å². The lowest BCUT2D eigenvalue weighted by Gasteiger charge is -2.39. The third-order valence-corrected chi connectivity index (χ3v) is 3.44. The zero-order valence-electron chi connectivity index (χ0n) is 8.09. The van der Waals surface area contributed by atoms with Gasteiger partial charge in [0.25, 0.3) is 0 Å². The van der Waals surface area contributed by atoms with Gasteiger partial charge in [-0.1, -0.05) is 12.8 Å². The van der Waals surface area contributed by atoms with E-state index < -0.39 is 0 Å². The molecule has 2 fully saturated rings. The van der Waals surface area contributed by atoms with Gasteiger partial charge in [-0.25, -0.2) is 0 Å². The summed E-state index contributed by atoms with van der Waals surface area (Å²) < 4.78 is 0. The minimum atomic E-state index is -0.0812. The molecule has 1 aliphatic heterocycles. The van der Waals surface area contributed by atoms with E-state index in [0.29, 0.717) is 0 Å². The summed E-state index contributed by atoms with van der Waals surface area (Å²) in [6.07, 6.45) is 5.81. The summed E-state index contributed by atoms with van der Waals surface area (Å²) in [7, 11) is 0. The molecule has 0 bridgehead atoms. The fraction of sp³-hybridized carbons (Fsp3) is 0.900. The van der Waals surface area contributed by atoms with Crippen LogP contribution in [-0.4, -0.2) is 42.9 Å². The molecule has 2 aliphatic rings. The minimum Gasteiger partial charge on any atom is -0.314 e. The molecule has 1 saturated carbocycles. The average Bonchev–Trinajstić information content (AvgIpc) is 2.69. The van der Waals surface area contributed by atoms with Crippen molar-refractivity contribution in [2.24, 2.45) is 0 Å². The van der Waals surface area contributed by atoms with Crippen LogP contribution in [0.25, 0.3) is 0 Å². The van der Waals surface area contributed by atoms with E-state index in [0.717, 1.165) is 39.0 Å². The highest BCUT2D eigenvalue weighted by Crippen LogP contribution is 2.33. The normalized spacial score (nSPS) is 28.9. The second-order valence-electron chi connectivity index (χ2n) is 4.17. The van der Waals surface area contributed by atoms with Gasteiger partial charge in [-0.3, -0.25) is 4.90 Å². The SMILES string of the molecule is O=CC1(N2CCNCC2)CCCC1. The average molecular weight is 182 g/mol. The molecular formula is C10H18N2O. The maximum absolute atomic E-state index is 11.2. The number of carbonyl (C=O) groups is 1. The van der Waals surface area contributed by atoms with Gasteiger partial charge < -0.3 is 10.1 Å². The molecule has 1 N–H and O–H groups in total. The zero-order chi connectivity index (χ0) is 9.15. The molecule has 0 aromatic heterocycles. The van der Waals surface area contributed by atoms with Crippen molar-refractivity contribution in [2.75, 3.05) is 26.2 Å². The summed E-state index contributed by atoms with van der Waals surface area (Å²) in [6, 6.07) is 0. The fourth-order valence-corrected chi connectivity index (χ4v) is 2.61. The van der Waals surface area contributed by atoms with Gasteiger partial charge in [0.15, 0.2) is 0 Å². The highest BCUT2D eigenvalue weighted by atomic mass is 16.1. The Morgan fingerprint density at radius 3 is 2.31 bits per heavy atom. The standard InChI is InChI=1S/C10H18N2O/c13-9-10(3-1-2-4-10)12-7-5-11-6-8-12/h9,11H,1-8H2. The number of carbonyl (C=O) groups excluding carboxylic acids is 1. The van der Waals surface area contributed by atoms with Crippen molar-refractivity contribution in [2.45, 2.75) is 31.2 Å². The Labute approximate surface area is 79.5 Å². The van der Waals surface area contributed by atoms with Crippen LogP contribution in [0.3, 0.4) is 0 Å². The summed E-state index contributed by atoms with van der Waals surface area (Å²) in [4.78, 5) is 13.5. The van der Waals surface area contributed by atoms with E-state index >= 15 is 0 Å². The molecule has 74 valence electrons. The van der Waals surface area contributed by atoms with E-state index in [-0.39, 0.29) is 5.54 Å². The van der Waals surface area contributed by atoms with Gasteiger partial charge in [-0.05, 0) is 12.8 Å². The van der Waals surface area contributed by atoms with E-state index in [1.165, 1.54) is 19.1 Å². The van der Waals surface area contributed by atoms with Crippen molar-refractivity contribution in [1.82, 2.24) is 10.2 Å². The van der Waals surface area contributed by atoms with Crippen LogP contribution >= 0.6 is 0 Å². The molecule has 0 unspecified atom stereocenters. The Bertz CT molecular complexity index is 181. The van der Waals surface area contributed by atoms with Crippen molar-refractivity contribution < 1.29 is 4.79 Å². The number of nitrogens with one attached hydrogen (secondary N) is 1. The van der Waals surface area contributed by atoms with Gasteiger partial charge in [0.1, 0.15) is 6.29 Å². The maximum Gasteiger partial charge on any atom is 0.140 e. The summed E-state index contributed by atoms with van der Waals surface area (Å²) >= 11 is 0. The van der Waals surface area contributed by atoms with Crippen molar-refractivity contribution in [3.05, 3.63) is 0 Å². The Hall–Kier alpha value is -0.410. The largest absolute Gasteiger partial charge is 0.314 e. The number of aldehydes is 1. The second-order valence-corrected chi connectivity index (χ2v) is 4.17. The molecular weight excluding hydrogens is 164 g/mol. The van der Waals surface area contributed by atoms with Crippen LogP contribution in [0, 0.1) is 0 Å². The number of hydrogen-bond acceptors (Lipinski definition) is 3. The molecule has 3 heteroatoms. The first-order chi connectivity index (χ1) is 6.37. The van der Waals surface area contributed by atoms with E-state index in [1.807, 2.05) is 0 Å². The molecule has 0 aromatic carbocycles. The van der Waals surface area contributed by atoms with Crippen molar-refractivity contribution in [1.29, 1.82) is 0 Å². The summed E-state index contributed by atoms with van der Waals surface area (Å²) in [5, 5.41) is 3.32. The van der Waals surface area contributed by atoms with Gasteiger partial charge in [0.05, 0.1) is 5.54 Å². The highest BCUT2D eigenvalue weighted by molar-refractivity contribution is 5.64. The third-order valence-electron chi connectivity index (χ3n) is 3.44. The van der Waals surface area contributed by atoms with Gasteiger partial charge >= 0.3 is 0 Å². The number of hydrogen-bond donors (Lipinski definition) is 1. The fourth-order valence-electron chi connectivity index (χ4n) is 2.61. The first-order valence-corrected chi connectivity index (χ1v) is 5.29. The van der Waals surface area contributed by atoms with Crippen molar-refractivity contribution in [3.63, 3.8) is 0 Å². The number of rotatable bonds is 2. The third kappa shape index (κ3) is 1.63. The first kappa shape index (κ1) is 9.16. The number of nitrogens with zero attached hydrogens (tertiary/aromatic N) is 1. The van der Waals surface area contributed by atoms with Crippen LogP contribution < -0.4 is 5.32 Å². The second kappa shape index (κ2) is 3.76.